The molecule has 188 valence electrons. The van der Waals surface area contributed by atoms with Gasteiger partial charge in [0.1, 0.15) is 5.75 Å². The van der Waals surface area contributed by atoms with Gasteiger partial charge in [-0.1, -0.05) is 12.1 Å². The van der Waals surface area contributed by atoms with E-state index in [4.69, 9.17) is 23.9 Å². The Kier molecular flexibility index (Phi) is 14.1. The summed E-state index contributed by atoms with van der Waals surface area (Å²) < 4.78 is 22.9. The van der Waals surface area contributed by atoms with Gasteiger partial charge in [0.25, 0.3) is 0 Å². The molecule has 1 aromatic carbocycles. The summed E-state index contributed by atoms with van der Waals surface area (Å²) in [6.45, 7) is 8.68. The summed E-state index contributed by atoms with van der Waals surface area (Å²) >= 11 is 0. The van der Waals surface area contributed by atoms with Crippen LogP contribution in [0, 0.1) is 0 Å². The highest BCUT2D eigenvalue weighted by atomic mass is 127. The predicted octanol–water partition coefficient (Wildman–Crippen LogP) is 4.24. The molecular weight excluding hydrogens is 533 g/mol. The first-order valence-corrected chi connectivity index (χ1v) is 12.3. The Labute approximate surface area is 216 Å². The van der Waals surface area contributed by atoms with E-state index in [0.717, 1.165) is 82.3 Å². The average Bonchev–Trinajstić information content (AvgIpc) is 2.85. The zero-order valence-corrected chi connectivity index (χ0v) is 22.6. The number of likely N-dealkylation sites (tertiary alicyclic amines) is 1. The Morgan fingerprint density at radius 2 is 1.94 bits per heavy atom. The molecule has 0 aromatic heterocycles. The summed E-state index contributed by atoms with van der Waals surface area (Å²) in [5.74, 6) is 1.88. The highest BCUT2D eigenvalue weighted by molar-refractivity contribution is 14.0. The molecule has 0 amide bonds. The lowest BCUT2D eigenvalue weighted by atomic mass is 10.1. The van der Waals surface area contributed by atoms with Gasteiger partial charge in [0.05, 0.1) is 32.5 Å². The Morgan fingerprint density at radius 3 is 2.61 bits per heavy atom. The lowest BCUT2D eigenvalue weighted by Gasteiger charge is -2.35. The van der Waals surface area contributed by atoms with Crippen LogP contribution in [0.1, 0.15) is 51.0 Å². The van der Waals surface area contributed by atoms with Crippen LogP contribution >= 0.6 is 24.0 Å². The molecule has 2 fully saturated rings. The molecule has 1 N–H and O–H groups in total. The molecule has 1 aromatic rings. The number of hydrogen-bond donors (Lipinski definition) is 1. The van der Waals surface area contributed by atoms with Crippen LogP contribution in [0.4, 0.5) is 0 Å². The molecule has 2 aliphatic rings. The molecule has 7 nitrogen and oxygen atoms in total. The number of nitrogens with one attached hydrogen (secondary N) is 1. The van der Waals surface area contributed by atoms with Gasteiger partial charge in [-0.2, -0.15) is 0 Å². The molecule has 1 unspecified atom stereocenters. The van der Waals surface area contributed by atoms with E-state index in [1.54, 1.807) is 7.11 Å². The largest absolute Gasteiger partial charge is 0.497 e. The molecule has 3 rings (SSSR count). The third kappa shape index (κ3) is 10.4. The van der Waals surface area contributed by atoms with Gasteiger partial charge in [-0.05, 0) is 63.1 Å². The maximum atomic E-state index is 6.15. The van der Waals surface area contributed by atoms with Crippen molar-refractivity contribution >= 4 is 29.9 Å². The van der Waals surface area contributed by atoms with Crippen molar-refractivity contribution < 1.29 is 18.9 Å². The van der Waals surface area contributed by atoms with Gasteiger partial charge in [0.2, 0.25) is 0 Å². The van der Waals surface area contributed by atoms with Crippen LogP contribution in [0.5, 0.6) is 5.75 Å². The average molecular weight is 576 g/mol. The Bertz CT molecular complexity index is 660. The molecule has 8 heteroatoms. The van der Waals surface area contributed by atoms with Crippen molar-refractivity contribution in [2.24, 2.45) is 4.99 Å². The maximum absolute atomic E-state index is 6.15. The van der Waals surface area contributed by atoms with Crippen molar-refractivity contribution in [2.45, 2.75) is 64.3 Å². The zero-order valence-electron chi connectivity index (χ0n) is 20.3. The van der Waals surface area contributed by atoms with Gasteiger partial charge in [-0.15, -0.1) is 24.0 Å². The number of aliphatic imine (C=N–C) groups is 1. The van der Waals surface area contributed by atoms with Crippen LogP contribution in [-0.2, 0) is 20.8 Å². The van der Waals surface area contributed by atoms with Crippen molar-refractivity contribution in [3.8, 4) is 5.75 Å². The topological polar surface area (TPSA) is 64.6 Å². The van der Waals surface area contributed by atoms with Crippen LogP contribution in [0.3, 0.4) is 0 Å². The first-order chi connectivity index (χ1) is 15.8. The van der Waals surface area contributed by atoms with Crippen molar-refractivity contribution in [3.05, 3.63) is 29.8 Å². The first-order valence-electron chi connectivity index (χ1n) is 12.3. The second-order valence-electron chi connectivity index (χ2n) is 8.50. The molecule has 2 heterocycles. The fraction of sp³-hybridized carbons (Fsp3) is 0.720. The third-order valence-corrected chi connectivity index (χ3v) is 6.00. The minimum Gasteiger partial charge on any atom is -0.497 e. The first kappa shape index (κ1) is 28.1. The number of nitrogens with zero attached hydrogens (tertiary/aromatic N) is 2. The van der Waals surface area contributed by atoms with Crippen molar-refractivity contribution in [1.82, 2.24) is 10.2 Å². The molecular formula is C25H42IN3O4. The minimum absolute atomic E-state index is 0. The third-order valence-electron chi connectivity index (χ3n) is 6.00. The van der Waals surface area contributed by atoms with E-state index in [1.165, 1.54) is 12.8 Å². The number of ether oxygens (including phenoxy) is 4. The molecule has 0 radical (unpaired) electrons. The lowest BCUT2D eigenvalue weighted by molar-refractivity contribution is -0.0721. The monoisotopic (exact) mass is 575 g/mol. The Balaban J connectivity index is 0.00000385. The second-order valence-corrected chi connectivity index (χ2v) is 8.50. The number of halogens is 1. The number of methoxy groups -OCH3 is 1. The van der Waals surface area contributed by atoms with Crippen molar-refractivity contribution in [3.63, 3.8) is 0 Å². The van der Waals surface area contributed by atoms with Gasteiger partial charge in [-0.3, -0.25) is 4.99 Å². The van der Waals surface area contributed by atoms with Gasteiger partial charge in [-0.25, -0.2) is 0 Å². The predicted molar refractivity (Wildman–Crippen MR) is 143 cm³/mol. The number of piperidine rings is 1. The normalized spacial score (nSPS) is 19.8. The van der Waals surface area contributed by atoms with Crippen LogP contribution < -0.4 is 10.1 Å². The van der Waals surface area contributed by atoms with Crippen molar-refractivity contribution in [2.75, 3.05) is 53.1 Å². The quantitative estimate of drug-likeness (QED) is 0.185. The van der Waals surface area contributed by atoms with E-state index in [1.807, 2.05) is 24.3 Å². The standard InChI is InChI=1S/C25H41N3O4.HI/c1-3-26-25(27-14-6-17-30-19-21-8-10-22(29-2)11-9-21)28-15-12-23(13-16-28)32-20-24-7-4-5-18-31-24;/h8-11,23-24H,3-7,12-20H2,1-2H3,(H,26,27);1H. The smallest absolute Gasteiger partial charge is 0.193 e. The summed E-state index contributed by atoms with van der Waals surface area (Å²) in [6, 6.07) is 8.00. The molecule has 0 saturated carbocycles. The van der Waals surface area contributed by atoms with Gasteiger partial charge in [0.15, 0.2) is 5.96 Å². The fourth-order valence-electron chi connectivity index (χ4n) is 4.11. The number of benzene rings is 1. The molecule has 2 saturated heterocycles. The van der Waals surface area contributed by atoms with Crippen LogP contribution in [0.2, 0.25) is 0 Å². The SMILES string of the molecule is CCNC(=NCCCOCc1ccc(OC)cc1)N1CCC(OCC2CCCCO2)CC1.I. The summed E-state index contributed by atoms with van der Waals surface area (Å²) in [5, 5.41) is 3.44. The summed E-state index contributed by atoms with van der Waals surface area (Å²) in [4.78, 5) is 7.18. The molecule has 2 aliphatic heterocycles. The van der Waals surface area contributed by atoms with Gasteiger partial charge >= 0.3 is 0 Å². The summed E-state index contributed by atoms with van der Waals surface area (Å²) in [5.41, 5.74) is 1.16. The maximum Gasteiger partial charge on any atom is 0.193 e. The van der Waals surface area contributed by atoms with Crippen LogP contribution in [0.25, 0.3) is 0 Å². The number of rotatable bonds is 11. The Hall–Kier alpha value is -1.10. The van der Waals surface area contributed by atoms with Crippen LogP contribution in [-0.4, -0.2) is 76.2 Å². The highest BCUT2D eigenvalue weighted by Crippen LogP contribution is 2.18. The van der Waals surface area contributed by atoms with Gasteiger partial charge in [0, 0.05) is 39.4 Å². The van der Waals surface area contributed by atoms with E-state index in [-0.39, 0.29) is 24.0 Å². The molecule has 0 bridgehead atoms. The van der Waals surface area contributed by atoms with E-state index in [9.17, 15) is 0 Å². The zero-order chi connectivity index (χ0) is 22.4. The van der Waals surface area contributed by atoms with Crippen LogP contribution in [0.15, 0.2) is 29.3 Å². The number of hydrogen-bond acceptors (Lipinski definition) is 5. The van der Waals surface area contributed by atoms with E-state index in [0.29, 0.717) is 25.4 Å². The van der Waals surface area contributed by atoms with Gasteiger partial charge < -0.3 is 29.2 Å². The van der Waals surface area contributed by atoms with E-state index < -0.39 is 0 Å². The van der Waals surface area contributed by atoms with Crippen molar-refractivity contribution in [1.29, 1.82) is 0 Å². The summed E-state index contributed by atoms with van der Waals surface area (Å²) in [6.07, 6.45) is 7.23. The summed E-state index contributed by atoms with van der Waals surface area (Å²) in [7, 11) is 1.68. The minimum atomic E-state index is 0. The lowest BCUT2D eigenvalue weighted by Crippen LogP contribution is -2.47. The molecule has 0 spiro atoms. The molecule has 33 heavy (non-hydrogen) atoms. The van der Waals surface area contributed by atoms with E-state index >= 15 is 0 Å². The molecule has 1 atom stereocenters. The fourth-order valence-corrected chi connectivity index (χ4v) is 4.11. The molecule has 0 aliphatic carbocycles. The second kappa shape index (κ2) is 16.5. The number of guanidine groups is 1. The highest BCUT2D eigenvalue weighted by Gasteiger charge is 2.23. The van der Waals surface area contributed by atoms with E-state index in [2.05, 4.69) is 17.1 Å². The Morgan fingerprint density at radius 1 is 1.15 bits per heavy atom.